The number of nitrogens with zero attached hydrogens (tertiary/aromatic N) is 3. The number of nitrogens with one attached hydrogen (secondary N) is 1. The Morgan fingerprint density at radius 2 is 2.16 bits per heavy atom. The van der Waals surface area contributed by atoms with Crippen molar-refractivity contribution in [2.24, 2.45) is 0 Å². The predicted octanol–water partition coefficient (Wildman–Crippen LogP) is 1.70. The minimum atomic E-state index is -0.488. The second-order valence-corrected chi connectivity index (χ2v) is 6.76. The number of imide groups is 1. The van der Waals surface area contributed by atoms with E-state index < -0.39 is 5.25 Å². The zero-order valence-corrected chi connectivity index (χ0v) is 14.7. The number of aromatic nitrogens is 2. The first kappa shape index (κ1) is 17.3. The lowest BCUT2D eigenvalue weighted by Gasteiger charge is -2.15. The summed E-state index contributed by atoms with van der Waals surface area (Å²) >= 11 is 1.15. The number of carbonyl (C=O) groups is 2. The van der Waals surface area contributed by atoms with Crippen molar-refractivity contribution in [3.63, 3.8) is 0 Å². The maximum atomic E-state index is 12.3. The van der Waals surface area contributed by atoms with Gasteiger partial charge in [0.1, 0.15) is 5.75 Å². The van der Waals surface area contributed by atoms with E-state index in [4.69, 9.17) is 9.15 Å². The third-order valence-corrected chi connectivity index (χ3v) is 4.63. The molecule has 3 rings (SSSR count). The van der Waals surface area contributed by atoms with E-state index in [-0.39, 0.29) is 11.9 Å². The molecule has 0 unspecified atom stereocenters. The van der Waals surface area contributed by atoms with Crippen LogP contribution in [0.25, 0.3) is 0 Å². The fourth-order valence-electron chi connectivity index (χ4n) is 2.38. The number of ether oxygens (including phenoxy) is 1. The molecular formula is C16H18N4O4S. The van der Waals surface area contributed by atoms with Crippen molar-refractivity contribution >= 4 is 23.7 Å². The van der Waals surface area contributed by atoms with E-state index in [9.17, 15) is 9.59 Å². The number of urea groups is 1. The highest BCUT2D eigenvalue weighted by Gasteiger charge is 2.31. The topological polar surface area (TPSA) is 97.6 Å². The number of hydrogen-bond donors (Lipinski definition) is 1. The first-order chi connectivity index (χ1) is 12.1. The summed E-state index contributed by atoms with van der Waals surface area (Å²) in [5, 5.41) is 10.4. The quantitative estimate of drug-likeness (QED) is 0.781. The fraction of sp³-hybridized carbons (Fsp3) is 0.375. The molecule has 1 atom stereocenters. The molecule has 132 valence electrons. The molecule has 8 nitrogen and oxygen atoms in total. The molecule has 2 heterocycles. The van der Waals surface area contributed by atoms with Gasteiger partial charge in [0.2, 0.25) is 11.8 Å². The number of thioether (sulfide) groups is 1. The molecule has 1 fully saturated rings. The van der Waals surface area contributed by atoms with Crippen molar-refractivity contribution in [2.45, 2.75) is 23.8 Å². The van der Waals surface area contributed by atoms with Crippen molar-refractivity contribution in [3.05, 3.63) is 35.7 Å². The van der Waals surface area contributed by atoms with Crippen LogP contribution in [0.5, 0.6) is 5.75 Å². The number of hydrogen-bond acceptors (Lipinski definition) is 7. The van der Waals surface area contributed by atoms with Gasteiger partial charge in [0.25, 0.3) is 5.22 Å². The van der Waals surface area contributed by atoms with E-state index in [1.165, 1.54) is 4.90 Å². The van der Waals surface area contributed by atoms with Gasteiger partial charge in [-0.1, -0.05) is 23.9 Å². The van der Waals surface area contributed by atoms with Crippen molar-refractivity contribution in [1.82, 2.24) is 20.4 Å². The van der Waals surface area contributed by atoms with Gasteiger partial charge in [0.05, 0.1) is 18.8 Å². The number of methoxy groups -OCH3 is 1. The second-order valence-electron chi connectivity index (χ2n) is 5.47. The smallest absolute Gasteiger partial charge is 0.324 e. The number of amides is 3. The molecule has 0 radical (unpaired) electrons. The summed E-state index contributed by atoms with van der Waals surface area (Å²) < 4.78 is 10.7. The molecule has 2 aromatic rings. The van der Waals surface area contributed by atoms with E-state index in [1.807, 2.05) is 24.3 Å². The molecule has 1 saturated heterocycles. The summed E-state index contributed by atoms with van der Waals surface area (Å²) in [7, 11) is 1.62. The number of benzene rings is 1. The Hall–Kier alpha value is -2.55. The summed E-state index contributed by atoms with van der Waals surface area (Å²) in [6.45, 7) is 2.58. The monoisotopic (exact) mass is 362 g/mol. The van der Waals surface area contributed by atoms with Gasteiger partial charge in [-0.2, -0.15) is 0 Å². The minimum Gasteiger partial charge on any atom is -0.497 e. The third-order valence-electron chi connectivity index (χ3n) is 3.71. The third kappa shape index (κ3) is 4.11. The normalized spacial score (nSPS) is 15.1. The van der Waals surface area contributed by atoms with Crippen molar-refractivity contribution in [2.75, 3.05) is 20.2 Å². The van der Waals surface area contributed by atoms with Gasteiger partial charge in [0, 0.05) is 13.1 Å². The Labute approximate surface area is 148 Å². The van der Waals surface area contributed by atoms with Crippen molar-refractivity contribution in [1.29, 1.82) is 0 Å². The SMILES string of the molecule is COc1ccc(Cc2nnc(S[C@@H](C)C(=O)N3CCNC3=O)o2)cc1. The predicted molar refractivity (Wildman–Crippen MR) is 90.5 cm³/mol. The van der Waals surface area contributed by atoms with Crippen LogP contribution in [-0.2, 0) is 11.2 Å². The Morgan fingerprint density at radius 3 is 2.80 bits per heavy atom. The molecule has 1 aromatic carbocycles. The van der Waals surface area contributed by atoms with E-state index in [0.717, 1.165) is 23.1 Å². The molecule has 0 aliphatic carbocycles. The van der Waals surface area contributed by atoms with E-state index >= 15 is 0 Å². The van der Waals surface area contributed by atoms with Crippen molar-refractivity contribution < 1.29 is 18.7 Å². The maximum Gasteiger partial charge on any atom is 0.324 e. The molecule has 1 aliphatic heterocycles. The van der Waals surface area contributed by atoms with Crippen LogP contribution < -0.4 is 10.1 Å². The van der Waals surface area contributed by atoms with Crippen LogP contribution in [0.2, 0.25) is 0 Å². The Bertz CT molecular complexity index is 762. The largest absolute Gasteiger partial charge is 0.497 e. The Balaban J connectivity index is 1.59. The van der Waals surface area contributed by atoms with Crippen LogP contribution in [0.4, 0.5) is 4.79 Å². The summed E-state index contributed by atoms with van der Waals surface area (Å²) in [6.07, 6.45) is 0.494. The average molecular weight is 362 g/mol. The first-order valence-corrected chi connectivity index (χ1v) is 8.66. The van der Waals surface area contributed by atoms with Crippen LogP contribution in [0.15, 0.2) is 33.9 Å². The molecule has 0 saturated carbocycles. The summed E-state index contributed by atoms with van der Waals surface area (Å²) in [4.78, 5) is 25.0. The molecule has 1 aliphatic rings. The van der Waals surface area contributed by atoms with Crippen LogP contribution in [-0.4, -0.2) is 52.5 Å². The van der Waals surface area contributed by atoms with Crippen molar-refractivity contribution in [3.8, 4) is 5.75 Å². The molecule has 25 heavy (non-hydrogen) atoms. The zero-order valence-electron chi connectivity index (χ0n) is 13.9. The fourth-order valence-corrected chi connectivity index (χ4v) is 3.14. The molecule has 0 spiro atoms. The average Bonchev–Trinajstić information content (AvgIpc) is 3.23. The van der Waals surface area contributed by atoms with E-state index in [0.29, 0.717) is 30.6 Å². The molecular weight excluding hydrogens is 344 g/mol. The summed E-state index contributed by atoms with van der Waals surface area (Å²) in [6, 6.07) is 7.22. The first-order valence-electron chi connectivity index (χ1n) is 7.78. The zero-order chi connectivity index (χ0) is 17.8. The molecule has 1 aromatic heterocycles. The van der Waals surface area contributed by atoms with Gasteiger partial charge in [-0.15, -0.1) is 10.2 Å². The van der Waals surface area contributed by atoms with E-state index in [1.54, 1.807) is 14.0 Å². The minimum absolute atomic E-state index is 0.269. The number of carbonyl (C=O) groups excluding carboxylic acids is 2. The lowest BCUT2D eigenvalue weighted by molar-refractivity contribution is -0.126. The summed E-state index contributed by atoms with van der Waals surface area (Å²) in [5.41, 5.74) is 1.01. The highest BCUT2D eigenvalue weighted by atomic mass is 32.2. The highest BCUT2D eigenvalue weighted by Crippen LogP contribution is 2.24. The van der Waals surface area contributed by atoms with Gasteiger partial charge in [0.15, 0.2) is 0 Å². The van der Waals surface area contributed by atoms with Crippen LogP contribution >= 0.6 is 11.8 Å². The van der Waals surface area contributed by atoms with Gasteiger partial charge < -0.3 is 14.5 Å². The van der Waals surface area contributed by atoms with Gasteiger partial charge in [-0.05, 0) is 24.6 Å². The lowest BCUT2D eigenvalue weighted by Crippen LogP contribution is -2.38. The highest BCUT2D eigenvalue weighted by molar-refractivity contribution is 8.00. The van der Waals surface area contributed by atoms with Crippen LogP contribution in [0.1, 0.15) is 18.4 Å². The molecule has 1 N–H and O–H groups in total. The van der Waals surface area contributed by atoms with Gasteiger partial charge >= 0.3 is 6.03 Å². The van der Waals surface area contributed by atoms with Gasteiger partial charge in [-0.3, -0.25) is 9.69 Å². The Morgan fingerprint density at radius 1 is 1.40 bits per heavy atom. The Kier molecular flexibility index (Phi) is 5.22. The summed E-state index contributed by atoms with van der Waals surface area (Å²) in [5.74, 6) is 0.977. The maximum absolute atomic E-state index is 12.3. The van der Waals surface area contributed by atoms with E-state index in [2.05, 4.69) is 15.5 Å². The lowest BCUT2D eigenvalue weighted by atomic mass is 10.1. The molecule has 9 heteroatoms. The second kappa shape index (κ2) is 7.56. The van der Waals surface area contributed by atoms with Crippen LogP contribution in [0.3, 0.4) is 0 Å². The number of rotatable bonds is 6. The molecule has 0 bridgehead atoms. The van der Waals surface area contributed by atoms with Gasteiger partial charge in [-0.25, -0.2) is 4.79 Å². The molecule has 3 amide bonds. The van der Waals surface area contributed by atoms with Crippen LogP contribution in [0, 0.1) is 0 Å². The standard InChI is InChI=1S/C16H18N4O4S/c1-10(14(21)20-8-7-17-15(20)22)25-16-19-18-13(24-16)9-11-3-5-12(23-2)6-4-11/h3-6,10H,7-9H2,1-2H3,(H,17,22)/t10-/m0/s1.